The molecule has 0 aliphatic carbocycles. The van der Waals surface area contributed by atoms with Crippen LogP contribution in [0.4, 0.5) is 0 Å². The van der Waals surface area contributed by atoms with Gasteiger partial charge in [0.25, 0.3) is 10.1 Å². The summed E-state index contributed by atoms with van der Waals surface area (Å²) >= 11 is 0. The summed E-state index contributed by atoms with van der Waals surface area (Å²) in [5, 5.41) is 10.5. The van der Waals surface area contributed by atoms with Gasteiger partial charge in [-0.25, -0.2) is 0 Å². The van der Waals surface area contributed by atoms with Crippen molar-refractivity contribution >= 4 is 16.2 Å². The summed E-state index contributed by atoms with van der Waals surface area (Å²) in [7, 11) is -4.30. The van der Waals surface area contributed by atoms with Gasteiger partial charge in [-0.15, -0.1) is 0 Å². The fraction of sp³-hybridized carbons (Fsp3) is 0.533. The number of hydrogen-bond acceptors (Lipinski definition) is 5. The van der Waals surface area contributed by atoms with E-state index in [-0.39, 0.29) is 36.0 Å². The SMILES string of the molecule is C[C@@H](C[C@H](c1ccccc1)S(=O)(=O)O)N=C([O-])OC(C)(C)C.[Na+]. The first-order valence-corrected chi connectivity index (χ1v) is 8.44. The van der Waals surface area contributed by atoms with E-state index in [4.69, 9.17) is 4.74 Å². The summed E-state index contributed by atoms with van der Waals surface area (Å²) in [5.41, 5.74) is -0.210. The van der Waals surface area contributed by atoms with Crippen LogP contribution < -0.4 is 34.7 Å². The quantitative estimate of drug-likeness (QED) is 0.315. The van der Waals surface area contributed by atoms with E-state index in [0.29, 0.717) is 5.56 Å². The Morgan fingerprint density at radius 2 is 1.83 bits per heavy atom. The van der Waals surface area contributed by atoms with E-state index in [0.717, 1.165) is 0 Å². The first-order chi connectivity index (χ1) is 9.99. The molecule has 124 valence electrons. The fourth-order valence-corrected chi connectivity index (χ4v) is 2.95. The second-order valence-electron chi connectivity index (χ2n) is 6.11. The molecule has 0 unspecified atom stereocenters. The molecule has 2 atom stereocenters. The Hall–Kier alpha value is -0.600. The number of ether oxygens (including phenoxy) is 1. The molecule has 0 heterocycles. The molecule has 0 spiro atoms. The van der Waals surface area contributed by atoms with Gasteiger partial charge in [0.05, 0.1) is 6.04 Å². The maximum Gasteiger partial charge on any atom is 1.00 e. The topological polar surface area (TPSA) is 99.0 Å². The van der Waals surface area contributed by atoms with Gasteiger partial charge in [0.2, 0.25) is 0 Å². The third-order valence-corrected chi connectivity index (χ3v) is 3.99. The van der Waals surface area contributed by atoms with Crippen LogP contribution in [-0.4, -0.2) is 30.7 Å². The minimum absolute atomic E-state index is 0. The van der Waals surface area contributed by atoms with Crippen molar-refractivity contribution in [1.82, 2.24) is 0 Å². The minimum Gasteiger partial charge on any atom is -0.595 e. The van der Waals surface area contributed by atoms with Crippen LogP contribution in [0.15, 0.2) is 35.3 Å². The maximum atomic E-state index is 11.6. The molecule has 0 fully saturated rings. The Morgan fingerprint density at radius 3 is 2.26 bits per heavy atom. The molecular formula is C15H22NNaO5S. The average Bonchev–Trinajstić information content (AvgIpc) is 2.33. The number of nitrogens with zero attached hydrogens (tertiary/aromatic N) is 1. The molecule has 1 rings (SSSR count). The second-order valence-corrected chi connectivity index (χ2v) is 7.71. The number of hydrogen-bond donors (Lipinski definition) is 1. The number of aliphatic imine (C=N–C) groups is 1. The fourth-order valence-electron chi connectivity index (χ4n) is 1.93. The first-order valence-electron chi connectivity index (χ1n) is 6.94. The van der Waals surface area contributed by atoms with Gasteiger partial charge in [0, 0.05) is 5.60 Å². The molecule has 23 heavy (non-hydrogen) atoms. The van der Waals surface area contributed by atoms with Gasteiger partial charge in [-0.3, -0.25) is 9.55 Å². The zero-order valence-corrected chi connectivity index (χ0v) is 17.0. The van der Waals surface area contributed by atoms with Crippen LogP contribution in [0.3, 0.4) is 0 Å². The number of benzene rings is 1. The standard InChI is InChI=1S/C15H23NO5S.Na/c1-11(16-14(17)21-15(2,3)4)10-13(22(18,19)20)12-8-6-5-7-9-12;/h5-9,11,13H,10H2,1-4H3,(H,16,17)(H,18,19,20);/q;+1/p-1/t11-,13+;/m0./s1. The summed E-state index contributed by atoms with van der Waals surface area (Å²) in [5.74, 6) is 0. The van der Waals surface area contributed by atoms with Crippen LogP contribution in [0.5, 0.6) is 0 Å². The van der Waals surface area contributed by atoms with Gasteiger partial charge in [0.1, 0.15) is 11.3 Å². The molecule has 0 aromatic heterocycles. The molecule has 0 saturated carbocycles. The van der Waals surface area contributed by atoms with Crippen molar-refractivity contribution < 1.29 is 52.4 Å². The van der Waals surface area contributed by atoms with E-state index >= 15 is 0 Å². The normalized spacial score (nSPS) is 15.4. The summed E-state index contributed by atoms with van der Waals surface area (Å²) in [4.78, 5) is 3.80. The zero-order chi connectivity index (χ0) is 17.0. The third-order valence-electron chi connectivity index (χ3n) is 2.81. The Morgan fingerprint density at radius 1 is 1.30 bits per heavy atom. The van der Waals surface area contributed by atoms with E-state index in [1.807, 2.05) is 0 Å². The average molecular weight is 351 g/mol. The van der Waals surface area contributed by atoms with Crippen LogP contribution >= 0.6 is 0 Å². The van der Waals surface area contributed by atoms with Crippen molar-refractivity contribution in [2.75, 3.05) is 0 Å². The van der Waals surface area contributed by atoms with Gasteiger partial charge >= 0.3 is 29.6 Å². The molecule has 1 aromatic rings. The summed E-state index contributed by atoms with van der Waals surface area (Å²) in [6.45, 7) is 6.76. The van der Waals surface area contributed by atoms with E-state index in [1.165, 1.54) is 0 Å². The van der Waals surface area contributed by atoms with Crippen molar-refractivity contribution in [3.8, 4) is 0 Å². The Labute approximate surface area is 160 Å². The van der Waals surface area contributed by atoms with E-state index in [9.17, 15) is 18.1 Å². The minimum atomic E-state index is -4.30. The van der Waals surface area contributed by atoms with Crippen LogP contribution in [-0.2, 0) is 14.9 Å². The molecule has 0 radical (unpaired) electrons. The van der Waals surface area contributed by atoms with E-state index < -0.39 is 33.1 Å². The van der Waals surface area contributed by atoms with Crippen LogP contribution in [0.2, 0.25) is 0 Å². The molecule has 1 N–H and O–H groups in total. The van der Waals surface area contributed by atoms with Crippen molar-refractivity contribution in [2.45, 2.75) is 51.0 Å². The van der Waals surface area contributed by atoms with E-state index in [1.54, 1.807) is 58.0 Å². The maximum absolute atomic E-state index is 11.6. The predicted octanol–water partition coefficient (Wildman–Crippen LogP) is -1.07. The van der Waals surface area contributed by atoms with Gasteiger partial charge in [0.15, 0.2) is 0 Å². The van der Waals surface area contributed by atoms with Crippen LogP contribution in [0.25, 0.3) is 0 Å². The monoisotopic (exact) mass is 351 g/mol. The molecule has 0 amide bonds. The Kier molecular flexibility index (Phi) is 8.80. The zero-order valence-electron chi connectivity index (χ0n) is 14.2. The van der Waals surface area contributed by atoms with Crippen molar-refractivity contribution in [3.63, 3.8) is 0 Å². The molecule has 0 aliphatic rings. The molecular weight excluding hydrogens is 329 g/mol. The van der Waals surface area contributed by atoms with Crippen molar-refractivity contribution in [3.05, 3.63) is 35.9 Å². The van der Waals surface area contributed by atoms with E-state index in [2.05, 4.69) is 4.99 Å². The third kappa shape index (κ3) is 8.72. The Bertz CT molecular complexity index is 611. The summed E-state index contributed by atoms with van der Waals surface area (Å²) < 4.78 is 37.6. The smallest absolute Gasteiger partial charge is 0.595 e. The summed E-state index contributed by atoms with van der Waals surface area (Å²) in [6.07, 6.45) is -0.760. The molecule has 0 aliphatic heterocycles. The molecule has 6 nitrogen and oxygen atoms in total. The van der Waals surface area contributed by atoms with Crippen molar-refractivity contribution in [1.29, 1.82) is 0 Å². The van der Waals surface area contributed by atoms with Crippen LogP contribution in [0, 0.1) is 0 Å². The predicted molar refractivity (Wildman–Crippen MR) is 83.1 cm³/mol. The second kappa shape index (κ2) is 9.03. The van der Waals surface area contributed by atoms with Gasteiger partial charge < -0.3 is 9.84 Å². The summed E-state index contributed by atoms with van der Waals surface area (Å²) in [6, 6.07) is 7.73. The van der Waals surface area contributed by atoms with Crippen LogP contribution in [0.1, 0.15) is 44.9 Å². The molecule has 1 aromatic carbocycles. The van der Waals surface area contributed by atoms with Crippen molar-refractivity contribution in [2.24, 2.45) is 4.99 Å². The molecule has 0 saturated heterocycles. The number of rotatable bonds is 5. The Balaban J connectivity index is 0.00000484. The van der Waals surface area contributed by atoms with Gasteiger partial charge in [-0.1, -0.05) is 51.1 Å². The van der Waals surface area contributed by atoms with Gasteiger partial charge in [-0.2, -0.15) is 8.42 Å². The van der Waals surface area contributed by atoms with Gasteiger partial charge in [-0.05, 0) is 18.9 Å². The molecule has 8 heteroatoms. The molecule has 0 bridgehead atoms. The first kappa shape index (κ1) is 22.4. The largest absolute Gasteiger partial charge is 1.00 e.